The fraction of sp³-hybridized carbons (Fsp3) is 0.562. The number of carbonyl (C=O) groups is 1. The van der Waals surface area contributed by atoms with Crippen LogP contribution in [0.1, 0.15) is 48.6 Å². The van der Waals surface area contributed by atoms with Gasteiger partial charge in [-0.2, -0.15) is 0 Å². The summed E-state index contributed by atoms with van der Waals surface area (Å²) in [6, 6.07) is 4.36. The highest BCUT2D eigenvalue weighted by Crippen LogP contribution is 2.26. The third kappa shape index (κ3) is 4.35. The van der Waals surface area contributed by atoms with Crippen LogP contribution in [0.15, 0.2) is 12.1 Å². The molecule has 3 nitrogen and oxygen atoms in total. The van der Waals surface area contributed by atoms with Crippen molar-refractivity contribution < 1.29 is 9.53 Å². The summed E-state index contributed by atoms with van der Waals surface area (Å²) in [6.07, 6.45) is 0.381. The molecule has 106 valence electrons. The van der Waals surface area contributed by atoms with Gasteiger partial charge in [0, 0.05) is 6.04 Å². The summed E-state index contributed by atoms with van der Waals surface area (Å²) in [4.78, 5) is 11.7. The van der Waals surface area contributed by atoms with Gasteiger partial charge in [-0.15, -0.1) is 0 Å². The lowest BCUT2D eigenvalue weighted by Crippen LogP contribution is -2.26. The van der Waals surface area contributed by atoms with E-state index in [1.807, 2.05) is 6.92 Å². The molecule has 0 radical (unpaired) electrons. The Bertz CT molecular complexity index is 417. The number of nitrogens with one attached hydrogen (secondary N) is 1. The molecule has 0 bridgehead atoms. The second kappa shape index (κ2) is 7.29. The van der Waals surface area contributed by atoms with Crippen molar-refractivity contribution in [1.82, 2.24) is 5.32 Å². The maximum absolute atomic E-state index is 11.7. The van der Waals surface area contributed by atoms with Gasteiger partial charge in [0.25, 0.3) is 0 Å². The Morgan fingerprint density at radius 3 is 2.26 bits per heavy atom. The maximum Gasteiger partial charge on any atom is 0.307 e. The highest BCUT2D eigenvalue weighted by atomic mass is 16.5. The van der Waals surface area contributed by atoms with Crippen LogP contribution < -0.4 is 5.32 Å². The first-order valence-electron chi connectivity index (χ1n) is 6.96. The lowest BCUT2D eigenvalue weighted by molar-refractivity contribution is -0.143. The van der Waals surface area contributed by atoms with Gasteiger partial charge in [-0.3, -0.25) is 4.79 Å². The second-order valence-electron chi connectivity index (χ2n) is 4.93. The minimum Gasteiger partial charge on any atom is -0.466 e. The first-order chi connectivity index (χ1) is 8.99. The van der Waals surface area contributed by atoms with Gasteiger partial charge in [0.1, 0.15) is 0 Å². The summed E-state index contributed by atoms with van der Waals surface area (Å²) in [7, 11) is 0. The van der Waals surface area contributed by atoms with E-state index in [0.717, 1.165) is 6.54 Å². The van der Waals surface area contributed by atoms with Crippen LogP contribution in [-0.4, -0.2) is 19.1 Å². The Labute approximate surface area is 116 Å². The zero-order valence-electron chi connectivity index (χ0n) is 12.7. The maximum atomic E-state index is 11.7. The van der Waals surface area contributed by atoms with Gasteiger partial charge < -0.3 is 10.1 Å². The Morgan fingerprint density at radius 2 is 1.79 bits per heavy atom. The molecule has 0 aliphatic carbocycles. The number of hydrogen-bond donors (Lipinski definition) is 1. The van der Waals surface area contributed by atoms with E-state index in [-0.39, 0.29) is 12.0 Å². The van der Waals surface area contributed by atoms with Crippen molar-refractivity contribution in [2.24, 2.45) is 0 Å². The van der Waals surface area contributed by atoms with Gasteiger partial charge in [0.05, 0.1) is 13.0 Å². The van der Waals surface area contributed by atoms with Crippen molar-refractivity contribution >= 4 is 5.97 Å². The van der Waals surface area contributed by atoms with Crippen LogP contribution in [0, 0.1) is 20.8 Å². The molecule has 0 saturated heterocycles. The average molecular weight is 263 g/mol. The Kier molecular flexibility index (Phi) is 6.03. The predicted octanol–water partition coefficient (Wildman–Crippen LogP) is 3.22. The monoisotopic (exact) mass is 263 g/mol. The zero-order chi connectivity index (χ0) is 14.4. The number of rotatable bonds is 6. The number of ether oxygens (including phenoxy) is 1. The van der Waals surface area contributed by atoms with E-state index < -0.39 is 0 Å². The van der Waals surface area contributed by atoms with Gasteiger partial charge in [-0.25, -0.2) is 0 Å². The van der Waals surface area contributed by atoms with E-state index in [1.165, 1.54) is 22.3 Å². The SMILES string of the molecule is CCNC(CC(=O)OCC)c1c(C)cc(C)cc1C. The standard InChI is InChI=1S/C16H25NO2/c1-6-17-14(10-15(18)19-7-2)16-12(4)8-11(3)9-13(16)5/h8-9,14,17H,6-7,10H2,1-5H3. The summed E-state index contributed by atoms with van der Waals surface area (Å²) in [6.45, 7) is 11.5. The Morgan fingerprint density at radius 1 is 1.21 bits per heavy atom. The van der Waals surface area contributed by atoms with Crippen LogP contribution in [0.3, 0.4) is 0 Å². The molecular formula is C16H25NO2. The van der Waals surface area contributed by atoms with Gasteiger partial charge in [-0.05, 0) is 50.9 Å². The normalized spacial score (nSPS) is 12.3. The zero-order valence-corrected chi connectivity index (χ0v) is 12.7. The van der Waals surface area contributed by atoms with Crippen LogP contribution >= 0.6 is 0 Å². The molecule has 1 N–H and O–H groups in total. The fourth-order valence-corrected chi connectivity index (χ4v) is 2.65. The van der Waals surface area contributed by atoms with E-state index >= 15 is 0 Å². The highest BCUT2D eigenvalue weighted by Gasteiger charge is 2.19. The molecule has 0 saturated carbocycles. The highest BCUT2D eigenvalue weighted by molar-refractivity contribution is 5.70. The van der Waals surface area contributed by atoms with Crippen LogP contribution in [0.25, 0.3) is 0 Å². The lowest BCUT2D eigenvalue weighted by Gasteiger charge is -2.22. The minimum absolute atomic E-state index is 0.0321. The molecule has 0 aromatic heterocycles. The van der Waals surface area contributed by atoms with Crippen molar-refractivity contribution in [2.75, 3.05) is 13.2 Å². The molecule has 19 heavy (non-hydrogen) atoms. The average Bonchev–Trinajstić information content (AvgIpc) is 2.27. The smallest absolute Gasteiger partial charge is 0.307 e. The molecule has 0 aliphatic heterocycles. The van der Waals surface area contributed by atoms with Crippen molar-refractivity contribution in [3.8, 4) is 0 Å². The van der Waals surface area contributed by atoms with Gasteiger partial charge in [-0.1, -0.05) is 24.6 Å². The van der Waals surface area contributed by atoms with E-state index in [1.54, 1.807) is 0 Å². The Balaban J connectivity index is 3.02. The van der Waals surface area contributed by atoms with Crippen LogP contribution in [-0.2, 0) is 9.53 Å². The molecule has 1 atom stereocenters. The molecule has 0 aliphatic rings. The largest absolute Gasteiger partial charge is 0.466 e. The molecule has 3 heteroatoms. The molecular weight excluding hydrogens is 238 g/mol. The van der Waals surface area contributed by atoms with Crippen molar-refractivity contribution in [3.05, 3.63) is 34.4 Å². The second-order valence-corrected chi connectivity index (χ2v) is 4.93. The van der Waals surface area contributed by atoms with E-state index in [4.69, 9.17) is 4.74 Å². The third-order valence-electron chi connectivity index (χ3n) is 3.21. The number of benzene rings is 1. The predicted molar refractivity (Wildman–Crippen MR) is 78.3 cm³/mol. The topological polar surface area (TPSA) is 38.3 Å². The van der Waals surface area contributed by atoms with Crippen molar-refractivity contribution in [2.45, 2.75) is 47.1 Å². The van der Waals surface area contributed by atoms with Crippen molar-refractivity contribution in [3.63, 3.8) is 0 Å². The molecule has 0 heterocycles. The Hall–Kier alpha value is -1.35. The van der Waals surface area contributed by atoms with Gasteiger partial charge in [0.15, 0.2) is 0 Å². The minimum atomic E-state index is -0.146. The number of aryl methyl sites for hydroxylation is 3. The first kappa shape index (κ1) is 15.7. The van der Waals surface area contributed by atoms with E-state index in [9.17, 15) is 4.79 Å². The van der Waals surface area contributed by atoms with Crippen molar-refractivity contribution in [1.29, 1.82) is 0 Å². The van der Waals surface area contributed by atoms with E-state index in [2.05, 4.69) is 45.1 Å². The van der Waals surface area contributed by atoms with Gasteiger partial charge in [0.2, 0.25) is 0 Å². The number of hydrogen-bond acceptors (Lipinski definition) is 3. The summed E-state index contributed by atoms with van der Waals surface area (Å²) < 4.78 is 5.06. The fourth-order valence-electron chi connectivity index (χ4n) is 2.65. The molecule has 1 aromatic carbocycles. The van der Waals surface area contributed by atoms with Crippen LogP contribution in [0.5, 0.6) is 0 Å². The molecule has 0 amide bonds. The van der Waals surface area contributed by atoms with Crippen LogP contribution in [0.2, 0.25) is 0 Å². The molecule has 0 fully saturated rings. The van der Waals surface area contributed by atoms with Gasteiger partial charge >= 0.3 is 5.97 Å². The quantitative estimate of drug-likeness (QED) is 0.801. The molecule has 0 spiro atoms. The molecule has 1 rings (SSSR count). The first-order valence-corrected chi connectivity index (χ1v) is 6.96. The lowest BCUT2D eigenvalue weighted by atomic mass is 9.92. The summed E-state index contributed by atoms with van der Waals surface area (Å²) in [5.41, 5.74) is 4.94. The van der Waals surface area contributed by atoms with E-state index in [0.29, 0.717) is 13.0 Å². The summed E-state index contributed by atoms with van der Waals surface area (Å²) in [5, 5.41) is 3.39. The molecule has 1 unspecified atom stereocenters. The third-order valence-corrected chi connectivity index (χ3v) is 3.21. The summed E-state index contributed by atoms with van der Waals surface area (Å²) >= 11 is 0. The number of carbonyl (C=O) groups excluding carboxylic acids is 1. The molecule has 1 aromatic rings. The van der Waals surface area contributed by atoms with Crippen LogP contribution in [0.4, 0.5) is 0 Å². The number of esters is 1. The summed E-state index contributed by atoms with van der Waals surface area (Å²) in [5.74, 6) is -0.146.